The molecule has 1 N–H and O–H groups in total. The van der Waals surface area contributed by atoms with Gasteiger partial charge in [0.05, 0.1) is 12.0 Å². The predicted molar refractivity (Wildman–Crippen MR) is 127 cm³/mol. The average Bonchev–Trinajstić information content (AvgIpc) is 3.30. The topological polar surface area (TPSA) is 94.2 Å². The second-order valence-electron chi connectivity index (χ2n) is 7.97. The molecule has 0 saturated carbocycles. The molecule has 0 unspecified atom stereocenters. The van der Waals surface area contributed by atoms with Gasteiger partial charge in [0.1, 0.15) is 5.75 Å². The van der Waals surface area contributed by atoms with Gasteiger partial charge in [-0.05, 0) is 55.0 Å². The minimum atomic E-state index is -3.71. The number of methoxy groups -OCH3 is 1. The lowest BCUT2D eigenvalue weighted by atomic mass is 10.1. The smallest absolute Gasteiger partial charge is 0.251 e. The van der Waals surface area contributed by atoms with E-state index in [0.29, 0.717) is 34.9 Å². The molecule has 9 heteroatoms. The van der Waals surface area contributed by atoms with E-state index in [0.717, 1.165) is 11.1 Å². The monoisotopic (exact) mass is 482 g/mol. The summed E-state index contributed by atoms with van der Waals surface area (Å²) in [4.78, 5) is 13.0. The normalized spacial score (nSPS) is 12.6. The number of aryl methyl sites for hydroxylation is 1. The van der Waals surface area contributed by atoms with Crippen molar-refractivity contribution in [3.63, 3.8) is 0 Å². The lowest BCUT2D eigenvalue weighted by molar-refractivity contribution is 0.0950. The number of amides is 1. The van der Waals surface area contributed by atoms with Crippen molar-refractivity contribution in [1.82, 2.24) is 9.62 Å². The van der Waals surface area contributed by atoms with Crippen molar-refractivity contribution in [2.45, 2.75) is 24.9 Å². The SMILES string of the molecule is COc1ccc(C(=O)NCc2ccc3c(c2)OCO3)cc1CN(C)S(=O)(=O)c1ccc(C)cc1. The van der Waals surface area contributed by atoms with Gasteiger partial charge in [-0.15, -0.1) is 0 Å². The van der Waals surface area contributed by atoms with Crippen molar-refractivity contribution in [3.05, 3.63) is 82.9 Å². The highest BCUT2D eigenvalue weighted by molar-refractivity contribution is 7.89. The van der Waals surface area contributed by atoms with Crippen LogP contribution in [0.5, 0.6) is 17.2 Å². The number of carbonyl (C=O) groups excluding carboxylic acids is 1. The molecule has 0 atom stereocenters. The predicted octanol–water partition coefficient (Wildman–Crippen LogP) is 3.48. The standard InChI is InChI=1S/C25H26N2O6S/c1-17-4-8-21(9-5-17)34(29,30)27(2)15-20-13-19(7-11-22(20)31-3)25(28)26-14-18-6-10-23-24(12-18)33-16-32-23/h4-13H,14-16H2,1-3H3,(H,26,28). The van der Waals surface area contributed by atoms with Gasteiger partial charge in [0.15, 0.2) is 11.5 Å². The summed E-state index contributed by atoms with van der Waals surface area (Å²) in [5, 5.41) is 2.88. The van der Waals surface area contributed by atoms with Crippen LogP contribution in [0.4, 0.5) is 0 Å². The molecule has 0 saturated heterocycles. The van der Waals surface area contributed by atoms with E-state index in [-0.39, 0.29) is 24.1 Å². The van der Waals surface area contributed by atoms with Gasteiger partial charge in [-0.3, -0.25) is 4.79 Å². The number of rotatable bonds is 8. The van der Waals surface area contributed by atoms with E-state index in [1.165, 1.54) is 18.5 Å². The first-order valence-electron chi connectivity index (χ1n) is 10.6. The van der Waals surface area contributed by atoms with Crippen LogP contribution in [0.2, 0.25) is 0 Å². The highest BCUT2D eigenvalue weighted by Gasteiger charge is 2.23. The minimum Gasteiger partial charge on any atom is -0.496 e. The lowest BCUT2D eigenvalue weighted by Gasteiger charge is -2.19. The molecule has 0 radical (unpaired) electrons. The molecule has 4 rings (SSSR count). The summed E-state index contributed by atoms with van der Waals surface area (Å²) in [6.07, 6.45) is 0. The molecule has 3 aromatic rings. The highest BCUT2D eigenvalue weighted by Crippen LogP contribution is 2.32. The molecular weight excluding hydrogens is 456 g/mol. The first kappa shape index (κ1) is 23.6. The first-order chi connectivity index (χ1) is 16.3. The zero-order chi connectivity index (χ0) is 24.3. The third-order valence-corrected chi connectivity index (χ3v) is 7.37. The van der Waals surface area contributed by atoms with Gasteiger partial charge in [-0.2, -0.15) is 4.31 Å². The zero-order valence-electron chi connectivity index (χ0n) is 19.2. The molecule has 1 aliphatic heterocycles. The summed E-state index contributed by atoms with van der Waals surface area (Å²) in [5.41, 5.74) is 2.83. The van der Waals surface area contributed by atoms with Crippen LogP contribution in [0.3, 0.4) is 0 Å². The van der Waals surface area contributed by atoms with Crippen molar-refractivity contribution >= 4 is 15.9 Å². The Hall–Kier alpha value is -3.56. The van der Waals surface area contributed by atoms with Crippen molar-refractivity contribution in [2.24, 2.45) is 0 Å². The van der Waals surface area contributed by atoms with E-state index in [9.17, 15) is 13.2 Å². The summed E-state index contributed by atoms with van der Waals surface area (Å²) >= 11 is 0. The van der Waals surface area contributed by atoms with Gasteiger partial charge in [0, 0.05) is 31.3 Å². The summed E-state index contributed by atoms with van der Waals surface area (Å²) in [7, 11) is -0.701. The van der Waals surface area contributed by atoms with Crippen LogP contribution in [0.1, 0.15) is 27.0 Å². The number of benzene rings is 3. The van der Waals surface area contributed by atoms with Gasteiger partial charge >= 0.3 is 0 Å². The van der Waals surface area contributed by atoms with Gasteiger partial charge in [0.25, 0.3) is 5.91 Å². The summed E-state index contributed by atoms with van der Waals surface area (Å²) < 4.78 is 43.3. The summed E-state index contributed by atoms with van der Waals surface area (Å²) in [6, 6.07) is 17.1. The maximum Gasteiger partial charge on any atom is 0.251 e. The van der Waals surface area contributed by atoms with Crippen LogP contribution < -0.4 is 19.5 Å². The lowest BCUT2D eigenvalue weighted by Crippen LogP contribution is -2.27. The maximum absolute atomic E-state index is 13.0. The van der Waals surface area contributed by atoms with Gasteiger partial charge in [-0.25, -0.2) is 8.42 Å². The summed E-state index contributed by atoms with van der Waals surface area (Å²) in [6.45, 7) is 2.43. The van der Waals surface area contributed by atoms with E-state index in [1.54, 1.807) is 48.5 Å². The van der Waals surface area contributed by atoms with Gasteiger partial charge in [-0.1, -0.05) is 23.8 Å². The maximum atomic E-state index is 13.0. The minimum absolute atomic E-state index is 0.0443. The van der Waals surface area contributed by atoms with Gasteiger partial charge < -0.3 is 19.5 Å². The molecule has 178 valence electrons. The first-order valence-corrected chi connectivity index (χ1v) is 12.1. The van der Waals surface area contributed by atoms with E-state index < -0.39 is 10.0 Å². The highest BCUT2D eigenvalue weighted by atomic mass is 32.2. The Bertz CT molecular complexity index is 1310. The van der Waals surface area contributed by atoms with E-state index in [4.69, 9.17) is 14.2 Å². The number of fused-ring (bicyclic) bond motifs is 1. The Morgan fingerprint density at radius 2 is 1.76 bits per heavy atom. The second kappa shape index (κ2) is 9.74. The largest absolute Gasteiger partial charge is 0.496 e. The zero-order valence-corrected chi connectivity index (χ0v) is 20.0. The molecule has 1 amide bonds. The van der Waals surface area contributed by atoms with E-state index in [1.807, 2.05) is 19.1 Å². The molecule has 1 aliphatic rings. The van der Waals surface area contributed by atoms with Crippen molar-refractivity contribution in [3.8, 4) is 17.2 Å². The van der Waals surface area contributed by atoms with Crippen LogP contribution in [0.15, 0.2) is 65.6 Å². The fourth-order valence-corrected chi connectivity index (χ4v) is 4.74. The number of carbonyl (C=O) groups is 1. The van der Waals surface area contributed by atoms with Crippen LogP contribution in [0, 0.1) is 6.92 Å². The summed E-state index contributed by atoms with van der Waals surface area (Å²) in [5.74, 6) is 1.54. The van der Waals surface area contributed by atoms with Crippen LogP contribution >= 0.6 is 0 Å². The van der Waals surface area contributed by atoms with Crippen LogP contribution in [-0.2, 0) is 23.1 Å². The molecule has 1 heterocycles. The Kier molecular flexibility index (Phi) is 6.76. The molecule has 8 nitrogen and oxygen atoms in total. The molecule has 0 aliphatic carbocycles. The molecule has 0 bridgehead atoms. The van der Waals surface area contributed by atoms with Crippen molar-refractivity contribution in [1.29, 1.82) is 0 Å². The van der Waals surface area contributed by atoms with E-state index >= 15 is 0 Å². The number of hydrogen-bond donors (Lipinski definition) is 1. The fourth-order valence-electron chi connectivity index (χ4n) is 3.59. The number of hydrogen-bond acceptors (Lipinski definition) is 6. The molecular formula is C25H26N2O6S. The quantitative estimate of drug-likeness (QED) is 0.528. The number of ether oxygens (including phenoxy) is 3. The molecule has 34 heavy (non-hydrogen) atoms. The van der Waals surface area contributed by atoms with E-state index in [2.05, 4.69) is 5.32 Å². The fraction of sp³-hybridized carbons (Fsp3) is 0.240. The third-order valence-electron chi connectivity index (χ3n) is 5.55. The van der Waals surface area contributed by atoms with Crippen LogP contribution in [-0.4, -0.2) is 39.6 Å². The number of nitrogens with zero attached hydrogens (tertiary/aromatic N) is 1. The molecule has 3 aromatic carbocycles. The molecule has 0 spiro atoms. The Balaban J connectivity index is 1.48. The number of nitrogens with one attached hydrogen (secondary N) is 1. The molecule has 0 fully saturated rings. The second-order valence-corrected chi connectivity index (χ2v) is 10.0. The third kappa shape index (κ3) is 5.00. The van der Waals surface area contributed by atoms with Gasteiger partial charge in [0.2, 0.25) is 16.8 Å². The van der Waals surface area contributed by atoms with Crippen molar-refractivity contribution in [2.75, 3.05) is 21.0 Å². The average molecular weight is 483 g/mol. The Labute approximate surface area is 199 Å². The van der Waals surface area contributed by atoms with Crippen LogP contribution in [0.25, 0.3) is 0 Å². The number of sulfonamides is 1. The Morgan fingerprint density at radius 1 is 1.03 bits per heavy atom. The molecule has 0 aromatic heterocycles. The Morgan fingerprint density at radius 3 is 2.50 bits per heavy atom. The van der Waals surface area contributed by atoms with Crippen molar-refractivity contribution < 1.29 is 27.4 Å².